The molecule has 2 unspecified atom stereocenters. The molecule has 0 saturated carbocycles. The van der Waals surface area contributed by atoms with Crippen molar-refractivity contribution in [3.63, 3.8) is 0 Å². The van der Waals surface area contributed by atoms with Crippen molar-refractivity contribution in [1.29, 1.82) is 0 Å². The van der Waals surface area contributed by atoms with Crippen LogP contribution in [-0.2, 0) is 0 Å². The van der Waals surface area contributed by atoms with Crippen molar-refractivity contribution in [1.82, 2.24) is 4.90 Å². The first kappa shape index (κ1) is 15.1. The van der Waals surface area contributed by atoms with Crippen LogP contribution in [0, 0.1) is 16.7 Å². The summed E-state index contributed by atoms with van der Waals surface area (Å²) in [6, 6.07) is 0.680. The zero-order valence-corrected chi connectivity index (χ0v) is 14.5. The number of nitrogens with zero attached hydrogens (tertiary/aromatic N) is 1. The van der Waals surface area contributed by atoms with Gasteiger partial charge in [0.05, 0.1) is 0 Å². The highest BCUT2D eigenvalue weighted by atomic mass is 15.2. The Bertz CT molecular complexity index is 395. The fraction of sp³-hybridized carbons (Fsp3) is 0.889. The molecule has 1 heteroatoms. The van der Waals surface area contributed by atoms with E-state index in [0.717, 1.165) is 5.92 Å². The molecule has 1 fully saturated rings. The van der Waals surface area contributed by atoms with Crippen LogP contribution in [0.1, 0.15) is 68.7 Å². The molecule has 2 aliphatic rings. The van der Waals surface area contributed by atoms with Gasteiger partial charge in [0, 0.05) is 18.1 Å². The quantitative estimate of drug-likeness (QED) is 0.563. The highest BCUT2D eigenvalue weighted by Crippen LogP contribution is 2.55. The molecule has 0 N–H and O–H groups in total. The average molecular weight is 263 g/mol. The average Bonchev–Trinajstić information content (AvgIpc) is 2.68. The summed E-state index contributed by atoms with van der Waals surface area (Å²) in [5.74, 6) is 0.790. The fourth-order valence-corrected chi connectivity index (χ4v) is 4.38. The molecular weight excluding hydrogens is 230 g/mol. The summed E-state index contributed by atoms with van der Waals surface area (Å²) in [4.78, 5) is 2.74. The van der Waals surface area contributed by atoms with E-state index >= 15 is 0 Å². The first-order chi connectivity index (χ1) is 8.33. The third kappa shape index (κ3) is 2.51. The van der Waals surface area contributed by atoms with Crippen LogP contribution in [-0.4, -0.2) is 23.0 Å². The van der Waals surface area contributed by atoms with Crippen molar-refractivity contribution in [3.05, 3.63) is 11.1 Å². The summed E-state index contributed by atoms with van der Waals surface area (Å²) in [6.07, 6.45) is 1.36. The van der Waals surface area contributed by atoms with Crippen LogP contribution in [0.4, 0.5) is 0 Å². The Hall–Kier alpha value is -0.300. The number of hydrogen-bond acceptors (Lipinski definition) is 1. The van der Waals surface area contributed by atoms with Gasteiger partial charge in [0.1, 0.15) is 0 Å². The SMILES string of the molecule is CC(C)(C)C1=C(C(C)(C)C)C2CC1CN2C(C)(C)C. The van der Waals surface area contributed by atoms with Crippen LogP contribution >= 0.6 is 0 Å². The standard InChI is InChI=1S/C18H33N/c1-16(2,3)14-12-10-13(15(14)17(4,5)6)19(11-12)18(7,8)9/h12-13H,10-11H2,1-9H3. The van der Waals surface area contributed by atoms with Gasteiger partial charge in [-0.1, -0.05) is 47.1 Å². The van der Waals surface area contributed by atoms with Crippen molar-refractivity contribution in [2.45, 2.75) is 80.3 Å². The van der Waals surface area contributed by atoms with Gasteiger partial charge in [-0.25, -0.2) is 0 Å². The van der Waals surface area contributed by atoms with Crippen LogP contribution in [0.3, 0.4) is 0 Å². The van der Waals surface area contributed by atoms with Gasteiger partial charge in [-0.3, -0.25) is 4.90 Å². The molecule has 0 aromatic heterocycles. The fourth-order valence-electron chi connectivity index (χ4n) is 4.38. The summed E-state index contributed by atoms with van der Waals surface area (Å²) < 4.78 is 0. The van der Waals surface area contributed by atoms with E-state index in [1.54, 1.807) is 11.1 Å². The molecule has 1 aliphatic carbocycles. The maximum atomic E-state index is 2.74. The first-order valence-corrected chi connectivity index (χ1v) is 7.85. The number of fused-ring (bicyclic) bond motifs is 2. The van der Waals surface area contributed by atoms with Gasteiger partial charge in [-0.05, 0) is 49.5 Å². The van der Waals surface area contributed by atoms with Crippen LogP contribution < -0.4 is 0 Å². The Kier molecular flexibility index (Phi) is 3.26. The van der Waals surface area contributed by atoms with E-state index in [0.29, 0.717) is 22.4 Å². The lowest BCUT2D eigenvalue weighted by Crippen LogP contribution is -2.49. The minimum atomic E-state index is 0.291. The van der Waals surface area contributed by atoms with E-state index in [9.17, 15) is 0 Å². The summed E-state index contributed by atoms with van der Waals surface area (Å²) in [5.41, 5.74) is 4.42. The zero-order valence-electron chi connectivity index (χ0n) is 14.5. The molecule has 2 rings (SSSR count). The largest absolute Gasteiger partial charge is 0.291 e. The molecule has 2 bridgehead atoms. The Morgan fingerprint density at radius 1 is 0.789 bits per heavy atom. The maximum Gasteiger partial charge on any atom is 0.0327 e. The van der Waals surface area contributed by atoms with E-state index in [1.807, 2.05) is 0 Å². The van der Waals surface area contributed by atoms with Crippen LogP contribution in [0.2, 0.25) is 0 Å². The molecule has 110 valence electrons. The van der Waals surface area contributed by atoms with E-state index < -0.39 is 0 Å². The van der Waals surface area contributed by atoms with Crippen molar-refractivity contribution >= 4 is 0 Å². The van der Waals surface area contributed by atoms with E-state index in [2.05, 4.69) is 67.2 Å². The lowest BCUT2D eigenvalue weighted by molar-refractivity contribution is 0.114. The molecule has 0 amide bonds. The van der Waals surface area contributed by atoms with Crippen molar-refractivity contribution in [2.75, 3.05) is 6.54 Å². The number of rotatable bonds is 0. The molecule has 19 heavy (non-hydrogen) atoms. The van der Waals surface area contributed by atoms with Crippen molar-refractivity contribution in [3.8, 4) is 0 Å². The van der Waals surface area contributed by atoms with Gasteiger partial charge in [-0.15, -0.1) is 0 Å². The van der Waals surface area contributed by atoms with Gasteiger partial charge >= 0.3 is 0 Å². The lowest BCUT2D eigenvalue weighted by Gasteiger charge is -2.46. The Morgan fingerprint density at radius 3 is 1.63 bits per heavy atom. The molecule has 1 nitrogen and oxygen atoms in total. The van der Waals surface area contributed by atoms with E-state index in [-0.39, 0.29) is 0 Å². The predicted octanol–water partition coefficient (Wildman–Crippen LogP) is 4.88. The molecule has 0 radical (unpaired) electrons. The van der Waals surface area contributed by atoms with Gasteiger partial charge < -0.3 is 0 Å². The van der Waals surface area contributed by atoms with Gasteiger partial charge in [-0.2, -0.15) is 0 Å². The molecule has 1 heterocycles. The molecular formula is C18H33N. The second-order valence-corrected chi connectivity index (χ2v) is 9.60. The predicted molar refractivity (Wildman–Crippen MR) is 84.3 cm³/mol. The number of likely N-dealkylation sites (tertiary alicyclic amines) is 1. The van der Waals surface area contributed by atoms with Gasteiger partial charge in [0.2, 0.25) is 0 Å². The third-order valence-corrected chi connectivity index (χ3v) is 4.81. The van der Waals surface area contributed by atoms with Crippen molar-refractivity contribution < 1.29 is 0 Å². The topological polar surface area (TPSA) is 3.24 Å². The first-order valence-electron chi connectivity index (χ1n) is 7.85. The molecule has 1 aliphatic heterocycles. The zero-order chi connectivity index (χ0) is 14.8. The second-order valence-electron chi connectivity index (χ2n) is 9.60. The number of hydrogen-bond donors (Lipinski definition) is 0. The molecule has 2 atom stereocenters. The smallest absolute Gasteiger partial charge is 0.0327 e. The summed E-state index contributed by atoms with van der Waals surface area (Å²) >= 11 is 0. The minimum Gasteiger partial charge on any atom is -0.291 e. The Labute approximate surface area is 120 Å². The summed E-state index contributed by atoms with van der Waals surface area (Å²) in [6.45, 7) is 22.8. The van der Waals surface area contributed by atoms with Gasteiger partial charge in [0.15, 0.2) is 0 Å². The highest BCUT2D eigenvalue weighted by Gasteiger charge is 2.52. The highest BCUT2D eigenvalue weighted by molar-refractivity contribution is 5.40. The minimum absolute atomic E-state index is 0.291. The van der Waals surface area contributed by atoms with Crippen LogP contribution in [0.25, 0.3) is 0 Å². The van der Waals surface area contributed by atoms with Crippen LogP contribution in [0.5, 0.6) is 0 Å². The van der Waals surface area contributed by atoms with E-state index in [1.165, 1.54) is 13.0 Å². The normalized spacial score (nSPS) is 29.5. The monoisotopic (exact) mass is 263 g/mol. The summed E-state index contributed by atoms with van der Waals surface area (Å²) in [5, 5.41) is 0. The Balaban J connectivity index is 2.50. The maximum absolute atomic E-state index is 2.74. The lowest BCUT2D eigenvalue weighted by atomic mass is 9.71. The van der Waals surface area contributed by atoms with Crippen molar-refractivity contribution in [2.24, 2.45) is 16.7 Å². The van der Waals surface area contributed by atoms with Gasteiger partial charge in [0.25, 0.3) is 0 Å². The molecule has 0 spiro atoms. The molecule has 0 aromatic carbocycles. The third-order valence-electron chi connectivity index (χ3n) is 4.81. The summed E-state index contributed by atoms with van der Waals surface area (Å²) in [7, 11) is 0. The molecule has 1 saturated heterocycles. The Morgan fingerprint density at radius 2 is 1.26 bits per heavy atom. The van der Waals surface area contributed by atoms with Crippen LogP contribution in [0.15, 0.2) is 11.1 Å². The molecule has 0 aromatic rings. The van der Waals surface area contributed by atoms with E-state index in [4.69, 9.17) is 0 Å². The second kappa shape index (κ2) is 4.10.